The molecule has 1 N–H and O–H groups in total. The molecule has 0 saturated carbocycles. The van der Waals surface area contributed by atoms with Crippen molar-refractivity contribution < 1.29 is 13.2 Å². The van der Waals surface area contributed by atoms with Crippen LogP contribution in [0.25, 0.3) is 11.0 Å². The van der Waals surface area contributed by atoms with Gasteiger partial charge in [0.05, 0.1) is 17.1 Å². The third kappa shape index (κ3) is 4.87. The van der Waals surface area contributed by atoms with Crippen molar-refractivity contribution in [3.8, 4) is 0 Å². The van der Waals surface area contributed by atoms with Gasteiger partial charge in [0, 0.05) is 11.3 Å². The van der Waals surface area contributed by atoms with Gasteiger partial charge in [0.15, 0.2) is 9.84 Å². The lowest BCUT2D eigenvalue weighted by atomic mass is 10.1. The number of carbonyl (C=O) groups excluding carboxylic acids is 1. The van der Waals surface area contributed by atoms with Crippen LogP contribution in [-0.4, -0.2) is 30.1 Å². The number of fused-ring (bicyclic) bond motifs is 1. The van der Waals surface area contributed by atoms with Gasteiger partial charge in [-0.15, -0.1) is 0 Å². The van der Waals surface area contributed by atoms with E-state index in [1.54, 1.807) is 22.8 Å². The second-order valence-electron chi connectivity index (χ2n) is 6.52. The number of amides is 1. The van der Waals surface area contributed by atoms with Gasteiger partial charge in [-0.2, -0.15) is 0 Å². The van der Waals surface area contributed by atoms with Gasteiger partial charge in [-0.3, -0.25) is 4.79 Å². The van der Waals surface area contributed by atoms with Gasteiger partial charge in [-0.25, -0.2) is 13.4 Å². The second kappa shape index (κ2) is 7.70. The first kappa shape index (κ1) is 19.4. The van der Waals surface area contributed by atoms with E-state index in [4.69, 9.17) is 11.6 Å². The van der Waals surface area contributed by atoms with Crippen molar-refractivity contribution in [2.75, 3.05) is 6.26 Å². The molecule has 0 radical (unpaired) electrons. The number of sulfone groups is 1. The van der Waals surface area contributed by atoms with E-state index in [1.165, 1.54) is 0 Å². The molecule has 1 heterocycles. The van der Waals surface area contributed by atoms with Crippen molar-refractivity contribution in [1.82, 2.24) is 14.9 Å². The molecule has 1 amide bonds. The summed E-state index contributed by atoms with van der Waals surface area (Å²) in [5.74, 6) is -0.108. The first-order valence-corrected chi connectivity index (χ1v) is 10.8. The Bertz CT molecular complexity index is 1090. The summed E-state index contributed by atoms with van der Waals surface area (Å²) in [4.78, 5) is 17.0. The first-order chi connectivity index (χ1) is 12.7. The number of hydrogen-bond acceptors (Lipinski definition) is 4. The minimum absolute atomic E-state index is 0.0176. The molecule has 0 unspecified atom stereocenters. The number of hydrogen-bond donors (Lipinski definition) is 1. The highest BCUT2D eigenvalue weighted by atomic mass is 35.5. The molecule has 0 fully saturated rings. The summed E-state index contributed by atoms with van der Waals surface area (Å²) >= 11 is 6.01. The van der Waals surface area contributed by atoms with E-state index in [9.17, 15) is 13.2 Å². The standard InChI is InChI=1S/C19H20ClN3O3S/c1-13(14-6-5-7-15(20)10-14)21-19(24)11-23-17-9-4-3-8-16(17)22-18(23)12-27(2,25)26/h3-10,13H,11-12H2,1-2H3,(H,21,24)/t13-/m1/s1. The summed E-state index contributed by atoms with van der Waals surface area (Å²) in [7, 11) is -3.28. The van der Waals surface area contributed by atoms with Crippen LogP contribution in [0, 0.1) is 0 Å². The van der Waals surface area contributed by atoms with E-state index in [0.717, 1.165) is 17.3 Å². The molecule has 0 aliphatic heterocycles. The van der Waals surface area contributed by atoms with Crippen LogP contribution in [0.5, 0.6) is 0 Å². The highest BCUT2D eigenvalue weighted by Crippen LogP contribution is 2.19. The third-order valence-corrected chi connectivity index (χ3v) is 5.17. The average molecular weight is 406 g/mol. The minimum atomic E-state index is -3.28. The zero-order valence-electron chi connectivity index (χ0n) is 15.0. The van der Waals surface area contributed by atoms with E-state index < -0.39 is 9.84 Å². The Balaban J connectivity index is 1.84. The zero-order valence-corrected chi connectivity index (χ0v) is 16.6. The maximum Gasteiger partial charge on any atom is 0.240 e. The quantitative estimate of drug-likeness (QED) is 0.683. The number of halogens is 1. The maximum absolute atomic E-state index is 12.6. The van der Waals surface area contributed by atoms with Crippen LogP contribution in [0.4, 0.5) is 0 Å². The largest absolute Gasteiger partial charge is 0.348 e. The number of aromatic nitrogens is 2. The average Bonchev–Trinajstić information content (AvgIpc) is 2.90. The van der Waals surface area contributed by atoms with Crippen LogP contribution in [-0.2, 0) is 26.9 Å². The molecule has 0 bridgehead atoms. The molecule has 6 nitrogen and oxygen atoms in total. The Labute approximate surface area is 163 Å². The summed E-state index contributed by atoms with van der Waals surface area (Å²) < 4.78 is 25.1. The Morgan fingerprint density at radius 2 is 1.96 bits per heavy atom. The van der Waals surface area contributed by atoms with E-state index in [0.29, 0.717) is 16.4 Å². The lowest BCUT2D eigenvalue weighted by Gasteiger charge is -2.16. The lowest BCUT2D eigenvalue weighted by molar-refractivity contribution is -0.122. The van der Waals surface area contributed by atoms with Gasteiger partial charge in [-0.1, -0.05) is 35.9 Å². The van der Waals surface area contributed by atoms with Crippen molar-refractivity contribution in [3.63, 3.8) is 0 Å². The Kier molecular flexibility index (Phi) is 5.53. The number of nitrogens with zero attached hydrogens (tertiary/aromatic N) is 2. The molecule has 1 atom stereocenters. The molecule has 0 aliphatic rings. The number of carbonyl (C=O) groups is 1. The Hall–Kier alpha value is -2.38. The molecule has 2 aromatic carbocycles. The monoisotopic (exact) mass is 405 g/mol. The first-order valence-electron chi connectivity index (χ1n) is 8.39. The van der Waals surface area contributed by atoms with Gasteiger partial charge in [-0.05, 0) is 36.8 Å². The van der Waals surface area contributed by atoms with Crippen molar-refractivity contribution in [1.29, 1.82) is 0 Å². The fourth-order valence-electron chi connectivity index (χ4n) is 2.94. The van der Waals surface area contributed by atoms with Gasteiger partial charge in [0.2, 0.25) is 5.91 Å². The molecule has 0 aliphatic carbocycles. The number of rotatable bonds is 6. The summed E-state index contributed by atoms with van der Waals surface area (Å²) in [5.41, 5.74) is 2.27. The van der Waals surface area contributed by atoms with E-state index in [2.05, 4.69) is 10.3 Å². The number of nitrogens with one attached hydrogen (secondary N) is 1. The van der Waals surface area contributed by atoms with Gasteiger partial charge in [0.1, 0.15) is 18.1 Å². The summed E-state index contributed by atoms with van der Waals surface area (Å²) in [6.07, 6.45) is 1.15. The lowest BCUT2D eigenvalue weighted by Crippen LogP contribution is -2.30. The predicted octanol–water partition coefficient (Wildman–Crippen LogP) is 3.11. The van der Waals surface area contributed by atoms with Gasteiger partial charge in [0.25, 0.3) is 0 Å². The summed E-state index contributed by atoms with van der Waals surface area (Å²) in [6.45, 7) is 1.85. The van der Waals surface area contributed by atoms with Crippen molar-refractivity contribution in [3.05, 3.63) is 64.9 Å². The Morgan fingerprint density at radius 3 is 2.67 bits per heavy atom. The fraction of sp³-hybridized carbons (Fsp3) is 0.263. The summed E-state index contributed by atoms with van der Waals surface area (Å²) in [6, 6.07) is 14.3. The van der Waals surface area contributed by atoms with Gasteiger partial charge >= 0.3 is 0 Å². The highest BCUT2D eigenvalue weighted by Gasteiger charge is 2.18. The molecule has 0 saturated heterocycles. The van der Waals surface area contributed by atoms with E-state index >= 15 is 0 Å². The molecule has 0 spiro atoms. The highest BCUT2D eigenvalue weighted by molar-refractivity contribution is 7.89. The molecular weight excluding hydrogens is 386 g/mol. The summed E-state index contributed by atoms with van der Waals surface area (Å²) in [5, 5.41) is 3.52. The molecule has 3 rings (SSSR count). The SMILES string of the molecule is C[C@@H](NC(=O)Cn1c(CS(C)(=O)=O)nc2ccccc21)c1cccc(Cl)c1. The molecule has 142 valence electrons. The zero-order chi connectivity index (χ0) is 19.6. The maximum atomic E-state index is 12.6. The number of benzene rings is 2. The number of imidazole rings is 1. The van der Waals surface area contributed by atoms with Crippen LogP contribution >= 0.6 is 11.6 Å². The van der Waals surface area contributed by atoms with E-state index in [-0.39, 0.29) is 24.2 Å². The normalized spacial score (nSPS) is 12.9. The minimum Gasteiger partial charge on any atom is -0.348 e. The van der Waals surface area contributed by atoms with Crippen molar-refractivity contribution >= 4 is 38.4 Å². The molecular formula is C19H20ClN3O3S. The second-order valence-corrected chi connectivity index (χ2v) is 9.09. The van der Waals surface area contributed by atoms with Crippen LogP contribution in [0.15, 0.2) is 48.5 Å². The molecule has 8 heteroatoms. The van der Waals surface area contributed by atoms with Crippen molar-refractivity contribution in [2.45, 2.75) is 25.3 Å². The van der Waals surface area contributed by atoms with Crippen molar-refractivity contribution in [2.24, 2.45) is 0 Å². The predicted molar refractivity (Wildman–Crippen MR) is 106 cm³/mol. The number of para-hydroxylation sites is 2. The fourth-order valence-corrected chi connectivity index (χ4v) is 3.82. The smallest absolute Gasteiger partial charge is 0.240 e. The third-order valence-electron chi connectivity index (χ3n) is 4.15. The van der Waals surface area contributed by atoms with Crippen LogP contribution < -0.4 is 5.32 Å². The van der Waals surface area contributed by atoms with Crippen LogP contribution in [0.2, 0.25) is 5.02 Å². The molecule has 27 heavy (non-hydrogen) atoms. The Morgan fingerprint density at radius 1 is 1.22 bits per heavy atom. The van der Waals surface area contributed by atoms with Crippen LogP contribution in [0.3, 0.4) is 0 Å². The van der Waals surface area contributed by atoms with Gasteiger partial charge < -0.3 is 9.88 Å². The van der Waals surface area contributed by atoms with E-state index in [1.807, 2.05) is 37.3 Å². The van der Waals surface area contributed by atoms with Crippen LogP contribution in [0.1, 0.15) is 24.4 Å². The molecule has 3 aromatic rings. The topological polar surface area (TPSA) is 81.1 Å². The molecule has 1 aromatic heterocycles.